The number of halogens is 1. The molecular weight excluding hydrogens is 417 g/mol. The summed E-state index contributed by atoms with van der Waals surface area (Å²) < 4.78 is 13.2. The first-order valence-electron chi connectivity index (χ1n) is 11.8. The molecule has 0 bridgehead atoms. The van der Waals surface area contributed by atoms with Crippen LogP contribution in [0.3, 0.4) is 0 Å². The fraction of sp³-hybridized carbons (Fsp3) is 0.423. The smallest absolute Gasteiger partial charge is 0.282 e. The van der Waals surface area contributed by atoms with Gasteiger partial charge in [0.15, 0.2) is 5.83 Å². The summed E-state index contributed by atoms with van der Waals surface area (Å²) in [6.45, 7) is 9.28. The molecule has 0 saturated carbocycles. The number of hydrogen-bond acceptors (Lipinski definition) is 5. The fourth-order valence-electron chi connectivity index (χ4n) is 5.37. The van der Waals surface area contributed by atoms with E-state index >= 15 is 0 Å². The van der Waals surface area contributed by atoms with Crippen LogP contribution in [0.15, 0.2) is 43.0 Å². The standard InChI is InChI=1S/C26H30FN5O/c1-18-6-3-7-20-8-4-10-23(24(18)20)32-11-5-9-21-22(16-32)28-17-29-25(21)30-12-14-31(15-13-30)26(33)19(2)27/h3,6-7,10,17H,2,4-5,8-9,11-16H2,1H3. The molecule has 1 aliphatic carbocycles. The highest BCUT2D eigenvalue weighted by atomic mass is 19.1. The Morgan fingerprint density at radius 2 is 1.88 bits per heavy atom. The zero-order valence-corrected chi connectivity index (χ0v) is 19.2. The van der Waals surface area contributed by atoms with Crippen LogP contribution in [0.4, 0.5) is 10.2 Å². The van der Waals surface area contributed by atoms with E-state index in [1.807, 2.05) is 0 Å². The topological polar surface area (TPSA) is 52.6 Å². The molecule has 3 heterocycles. The first kappa shape index (κ1) is 21.6. The molecule has 2 aliphatic heterocycles. The number of benzene rings is 1. The van der Waals surface area contributed by atoms with Crippen molar-refractivity contribution in [2.75, 3.05) is 37.6 Å². The van der Waals surface area contributed by atoms with Crippen molar-refractivity contribution in [3.8, 4) is 0 Å². The predicted octanol–water partition coefficient (Wildman–Crippen LogP) is 3.65. The second-order valence-corrected chi connectivity index (χ2v) is 9.07. The van der Waals surface area contributed by atoms with Crippen LogP contribution in [0.25, 0.3) is 5.70 Å². The van der Waals surface area contributed by atoms with Crippen LogP contribution in [-0.4, -0.2) is 58.4 Å². The molecule has 0 N–H and O–H groups in total. The molecule has 0 radical (unpaired) electrons. The van der Waals surface area contributed by atoms with E-state index in [4.69, 9.17) is 4.98 Å². The van der Waals surface area contributed by atoms with Gasteiger partial charge in [0.25, 0.3) is 5.91 Å². The quantitative estimate of drug-likeness (QED) is 0.673. The zero-order valence-electron chi connectivity index (χ0n) is 19.2. The van der Waals surface area contributed by atoms with Gasteiger partial charge in [0.1, 0.15) is 12.1 Å². The number of rotatable bonds is 3. The van der Waals surface area contributed by atoms with Gasteiger partial charge >= 0.3 is 0 Å². The second-order valence-electron chi connectivity index (χ2n) is 9.07. The van der Waals surface area contributed by atoms with E-state index < -0.39 is 11.7 Å². The molecule has 3 aliphatic rings. The van der Waals surface area contributed by atoms with E-state index in [1.165, 1.54) is 32.9 Å². The number of anilines is 1. The van der Waals surface area contributed by atoms with Crippen molar-refractivity contribution >= 4 is 17.4 Å². The SMILES string of the molecule is C=C(F)C(=O)N1CCN(c2ncnc3c2CCCN(C2=CCCc4cccc(C)c42)C3)CC1. The Bertz CT molecular complexity index is 1120. The highest BCUT2D eigenvalue weighted by molar-refractivity contribution is 5.90. The Hall–Kier alpha value is -3.22. The van der Waals surface area contributed by atoms with Gasteiger partial charge in [-0.05, 0) is 43.7 Å². The van der Waals surface area contributed by atoms with Crippen LogP contribution in [-0.2, 0) is 24.2 Å². The number of fused-ring (bicyclic) bond motifs is 2. The monoisotopic (exact) mass is 447 g/mol. The number of piperazine rings is 1. The minimum absolute atomic E-state index is 0.468. The van der Waals surface area contributed by atoms with Crippen LogP contribution < -0.4 is 4.90 Å². The number of aromatic nitrogens is 2. The number of allylic oxidation sites excluding steroid dienone is 1. The highest BCUT2D eigenvalue weighted by Gasteiger charge is 2.28. The maximum atomic E-state index is 13.2. The minimum atomic E-state index is -0.895. The van der Waals surface area contributed by atoms with Crippen molar-refractivity contribution in [3.05, 3.63) is 71.0 Å². The van der Waals surface area contributed by atoms with Gasteiger partial charge in [0.05, 0.1) is 12.2 Å². The third kappa shape index (κ3) is 4.12. The van der Waals surface area contributed by atoms with Gasteiger partial charge in [-0.15, -0.1) is 0 Å². The summed E-state index contributed by atoms with van der Waals surface area (Å²) >= 11 is 0. The zero-order chi connectivity index (χ0) is 22.9. The summed E-state index contributed by atoms with van der Waals surface area (Å²) in [7, 11) is 0. The summed E-state index contributed by atoms with van der Waals surface area (Å²) in [6.07, 6.45) is 8.17. The Morgan fingerprint density at radius 1 is 1.06 bits per heavy atom. The van der Waals surface area contributed by atoms with Crippen LogP contribution in [0.2, 0.25) is 0 Å². The Morgan fingerprint density at radius 3 is 2.67 bits per heavy atom. The number of aryl methyl sites for hydroxylation is 2. The number of carbonyl (C=O) groups excluding carboxylic acids is 1. The fourth-order valence-corrected chi connectivity index (χ4v) is 5.37. The van der Waals surface area contributed by atoms with Gasteiger partial charge in [-0.3, -0.25) is 4.79 Å². The van der Waals surface area contributed by atoms with Gasteiger partial charge in [0.2, 0.25) is 0 Å². The van der Waals surface area contributed by atoms with Crippen molar-refractivity contribution < 1.29 is 9.18 Å². The minimum Gasteiger partial charge on any atom is -0.365 e. The van der Waals surface area contributed by atoms with Crippen LogP contribution >= 0.6 is 0 Å². The van der Waals surface area contributed by atoms with Crippen molar-refractivity contribution in [3.63, 3.8) is 0 Å². The maximum absolute atomic E-state index is 13.2. The molecule has 6 nitrogen and oxygen atoms in total. The van der Waals surface area contributed by atoms with Crippen molar-refractivity contribution in [2.45, 2.75) is 39.2 Å². The normalized spacial score (nSPS) is 18.2. The van der Waals surface area contributed by atoms with E-state index in [0.717, 1.165) is 50.3 Å². The first-order chi connectivity index (χ1) is 16.0. The summed E-state index contributed by atoms with van der Waals surface area (Å²) in [6, 6.07) is 6.61. The molecule has 1 saturated heterocycles. The molecule has 1 fully saturated rings. The molecular formula is C26H30FN5O. The molecule has 0 unspecified atom stereocenters. The first-order valence-corrected chi connectivity index (χ1v) is 11.8. The maximum Gasteiger partial charge on any atom is 0.282 e. The van der Waals surface area contributed by atoms with Crippen LogP contribution in [0.5, 0.6) is 0 Å². The van der Waals surface area contributed by atoms with Crippen LogP contribution in [0, 0.1) is 6.92 Å². The molecule has 33 heavy (non-hydrogen) atoms. The second kappa shape index (κ2) is 8.96. The molecule has 1 amide bonds. The third-order valence-corrected chi connectivity index (χ3v) is 7.01. The van der Waals surface area contributed by atoms with E-state index in [1.54, 1.807) is 6.33 Å². The predicted molar refractivity (Wildman–Crippen MR) is 127 cm³/mol. The summed E-state index contributed by atoms with van der Waals surface area (Å²) in [5.74, 6) is -0.543. The lowest BCUT2D eigenvalue weighted by atomic mass is 9.90. The molecule has 5 rings (SSSR count). The van der Waals surface area contributed by atoms with E-state index in [0.29, 0.717) is 26.2 Å². The number of nitrogens with zero attached hydrogens (tertiary/aromatic N) is 5. The third-order valence-electron chi connectivity index (χ3n) is 7.01. The molecule has 0 spiro atoms. The lowest BCUT2D eigenvalue weighted by Crippen LogP contribution is -2.49. The largest absolute Gasteiger partial charge is 0.365 e. The van der Waals surface area contributed by atoms with E-state index in [9.17, 15) is 9.18 Å². The van der Waals surface area contributed by atoms with Crippen molar-refractivity contribution in [2.24, 2.45) is 0 Å². The van der Waals surface area contributed by atoms with Gasteiger partial charge in [-0.2, -0.15) is 0 Å². The van der Waals surface area contributed by atoms with Gasteiger partial charge in [0, 0.05) is 49.5 Å². The number of hydrogen-bond donors (Lipinski definition) is 0. The van der Waals surface area contributed by atoms with Gasteiger partial charge in [-0.1, -0.05) is 30.9 Å². The summed E-state index contributed by atoms with van der Waals surface area (Å²) in [4.78, 5) is 27.5. The molecule has 2 aromatic rings. The van der Waals surface area contributed by atoms with Crippen molar-refractivity contribution in [1.82, 2.24) is 19.8 Å². The molecule has 0 atom stereocenters. The lowest BCUT2D eigenvalue weighted by molar-refractivity contribution is -0.128. The van der Waals surface area contributed by atoms with Gasteiger partial charge in [-0.25, -0.2) is 14.4 Å². The summed E-state index contributed by atoms with van der Waals surface area (Å²) in [5, 5.41) is 0. The molecule has 7 heteroatoms. The Balaban J connectivity index is 1.38. The summed E-state index contributed by atoms with van der Waals surface area (Å²) in [5.41, 5.74) is 7.77. The average molecular weight is 448 g/mol. The Labute approximate surface area is 194 Å². The highest BCUT2D eigenvalue weighted by Crippen LogP contribution is 2.35. The lowest BCUT2D eigenvalue weighted by Gasteiger charge is -2.36. The molecule has 172 valence electrons. The average Bonchev–Trinajstić information content (AvgIpc) is 3.06. The Kier molecular flexibility index (Phi) is 5.87. The molecule has 1 aromatic carbocycles. The number of carbonyl (C=O) groups is 1. The van der Waals surface area contributed by atoms with E-state index in [-0.39, 0.29) is 0 Å². The van der Waals surface area contributed by atoms with Crippen molar-refractivity contribution in [1.29, 1.82) is 0 Å². The number of amides is 1. The van der Waals surface area contributed by atoms with Gasteiger partial charge < -0.3 is 14.7 Å². The van der Waals surface area contributed by atoms with E-state index in [2.05, 4.69) is 52.6 Å². The van der Waals surface area contributed by atoms with Crippen LogP contribution in [0.1, 0.15) is 40.8 Å². The molecule has 1 aromatic heterocycles.